The molecule has 0 radical (unpaired) electrons. The Hall–Kier alpha value is -3.81. The second-order valence-electron chi connectivity index (χ2n) is 7.14. The molecule has 0 unspecified atom stereocenters. The fourth-order valence-corrected chi connectivity index (χ4v) is 3.40. The first-order valence-corrected chi connectivity index (χ1v) is 11.1. The minimum absolute atomic E-state index is 0.203. The van der Waals surface area contributed by atoms with E-state index >= 15 is 0 Å². The van der Waals surface area contributed by atoms with Gasteiger partial charge in [0.05, 0.1) is 23.9 Å². The molecule has 0 aliphatic heterocycles. The summed E-state index contributed by atoms with van der Waals surface area (Å²) in [5.74, 6) is 0.254. The van der Waals surface area contributed by atoms with Gasteiger partial charge in [0.15, 0.2) is 18.1 Å². The van der Waals surface area contributed by atoms with E-state index in [2.05, 4.69) is 17.1 Å². The molecule has 35 heavy (non-hydrogen) atoms. The van der Waals surface area contributed by atoms with Crippen molar-refractivity contribution in [2.75, 3.05) is 13.7 Å². The van der Waals surface area contributed by atoms with Crippen LogP contribution in [0.2, 0.25) is 10.0 Å². The molecular weight excluding hydrogens is 491 g/mol. The van der Waals surface area contributed by atoms with Crippen LogP contribution in [-0.2, 0) is 11.2 Å². The van der Waals surface area contributed by atoms with E-state index in [9.17, 15) is 9.59 Å². The maximum atomic E-state index is 12.3. The van der Waals surface area contributed by atoms with Crippen molar-refractivity contribution < 1.29 is 23.8 Å². The van der Waals surface area contributed by atoms with Crippen molar-refractivity contribution in [1.82, 2.24) is 5.43 Å². The first-order chi connectivity index (χ1) is 16.9. The van der Waals surface area contributed by atoms with E-state index in [0.717, 1.165) is 5.56 Å². The number of carbonyl (C=O) groups is 2. The minimum atomic E-state index is -0.604. The Morgan fingerprint density at radius 3 is 2.49 bits per heavy atom. The van der Waals surface area contributed by atoms with Crippen molar-refractivity contribution in [3.8, 4) is 17.2 Å². The number of methoxy groups -OCH3 is 1. The number of carbonyl (C=O) groups excluding carboxylic acids is 2. The Morgan fingerprint density at radius 1 is 1.03 bits per heavy atom. The van der Waals surface area contributed by atoms with Gasteiger partial charge in [0.25, 0.3) is 5.91 Å². The molecule has 3 aromatic rings. The van der Waals surface area contributed by atoms with Crippen molar-refractivity contribution in [3.63, 3.8) is 0 Å². The van der Waals surface area contributed by atoms with Crippen LogP contribution in [-0.4, -0.2) is 31.8 Å². The van der Waals surface area contributed by atoms with Gasteiger partial charge in [-0.05, 0) is 72.1 Å². The van der Waals surface area contributed by atoms with E-state index in [1.807, 2.05) is 12.1 Å². The van der Waals surface area contributed by atoms with Crippen molar-refractivity contribution in [1.29, 1.82) is 0 Å². The van der Waals surface area contributed by atoms with Crippen LogP contribution in [0.4, 0.5) is 0 Å². The fraction of sp³-hybridized carbons (Fsp3) is 0.115. The predicted octanol–water partition coefficient (Wildman–Crippen LogP) is 5.48. The van der Waals surface area contributed by atoms with Crippen molar-refractivity contribution in [3.05, 3.63) is 100 Å². The lowest BCUT2D eigenvalue weighted by atomic mass is 10.1. The number of nitrogens with zero attached hydrogens (tertiary/aromatic N) is 1. The summed E-state index contributed by atoms with van der Waals surface area (Å²) < 4.78 is 16.2. The number of benzene rings is 3. The monoisotopic (exact) mass is 512 g/mol. The molecular formula is C26H22Cl2N2O5. The second-order valence-corrected chi connectivity index (χ2v) is 7.99. The van der Waals surface area contributed by atoms with Gasteiger partial charge >= 0.3 is 5.97 Å². The van der Waals surface area contributed by atoms with Gasteiger partial charge in [-0.3, -0.25) is 4.79 Å². The van der Waals surface area contributed by atoms with Crippen molar-refractivity contribution in [2.24, 2.45) is 5.10 Å². The van der Waals surface area contributed by atoms with Gasteiger partial charge in [-0.15, -0.1) is 6.58 Å². The van der Waals surface area contributed by atoms with Crippen LogP contribution in [0.3, 0.4) is 0 Å². The number of amides is 1. The van der Waals surface area contributed by atoms with Gasteiger partial charge in [0, 0.05) is 5.02 Å². The van der Waals surface area contributed by atoms with Gasteiger partial charge in [0.2, 0.25) is 0 Å². The first-order valence-electron chi connectivity index (χ1n) is 10.4. The van der Waals surface area contributed by atoms with Gasteiger partial charge in [-0.1, -0.05) is 35.3 Å². The second kappa shape index (κ2) is 12.6. The number of nitrogens with one attached hydrogen (secondary N) is 1. The summed E-state index contributed by atoms with van der Waals surface area (Å²) in [6, 6.07) is 16.5. The Morgan fingerprint density at radius 2 is 1.80 bits per heavy atom. The maximum absolute atomic E-state index is 12.3. The molecule has 0 saturated carbocycles. The van der Waals surface area contributed by atoms with E-state index in [0.29, 0.717) is 34.3 Å². The average Bonchev–Trinajstić information content (AvgIpc) is 2.84. The standard InChI is InChI=1S/C26H22Cl2N2O5/c1-3-4-17-7-12-23(24(13-17)33-2)34-16-25(31)30-29-15-18-5-9-20(10-6-18)35-26(32)21-11-8-19(27)14-22(21)28/h3,5-15H,1,4,16H2,2H3,(H,30,31). The number of hydrogen-bond donors (Lipinski definition) is 1. The number of ether oxygens (including phenoxy) is 3. The van der Waals surface area contributed by atoms with E-state index in [1.54, 1.807) is 42.5 Å². The smallest absolute Gasteiger partial charge is 0.345 e. The molecule has 0 bridgehead atoms. The molecule has 7 nitrogen and oxygen atoms in total. The highest BCUT2D eigenvalue weighted by molar-refractivity contribution is 6.36. The molecule has 1 N–H and O–H groups in total. The summed E-state index contributed by atoms with van der Waals surface area (Å²) in [5, 5.41) is 4.53. The molecule has 0 heterocycles. The molecule has 3 rings (SSSR count). The molecule has 0 aromatic heterocycles. The van der Waals surface area contributed by atoms with Gasteiger partial charge < -0.3 is 14.2 Å². The Kier molecular flexibility index (Phi) is 9.29. The van der Waals surface area contributed by atoms with E-state index in [-0.39, 0.29) is 17.2 Å². The fourth-order valence-electron chi connectivity index (χ4n) is 2.92. The van der Waals surface area contributed by atoms with E-state index < -0.39 is 11.9 Å². The highest BCUT2D eigenvalue weighted by Crippen LogP contribution is 2.28. The summed E-state index contributed by atoms with van der Waals surface area (Å²) in [4.78, 5) is 24.3. The topological polar surface area (TPSA) is 86.2 Å². The first kappa shape index (κ1) is 25.8. The highest BCUT2D eigenvalue weighted by atomic mass is 35.5. The molecule has 0 aliphatic rings. The quantitative estimate of drug-likeness (QED) is 0.128. The number of rotatable bonds is 10. The molecule has 0 aliphatic carbocycles. The third-order valence-corrected chi connectivity index (χ3v) is 5.16. The van der Waals surface area contributed by atoms with Crippen molar-refractivity contribution in [2.45, 2.75) is 6.42 Å². The Labute approximate surface area is 212 Å². The zero-order valence-corrected chi connectivity index (χ0v) is 20.3. The van der Waals surface area contributed by atoms with Gasteiger partial charge in [0.1, 0.15) is 5.75 Å². The number of halogens is 2. The lowest BCUT2D eigenvalue weighted by Crippen LogP contribution is -2.24. The minimum Gasteiger partial charge on any atom is -0.493 e. The SMILES string of the molecule is C=CCc1ccc(OCC(=O)NN=Cc2ccc(OC(=O)c3ccc(Cl)cc3Cl)cc2)c(OC)c1. The summed E-state index contributed by atoms with van der Waals surface area (Å²) in [5.41, 5.74) is 4.29. The molecule has 180 valence electrons. The molecule has 3 aromatic carbocycles. The summed E-state index contributed by atoms with van der Waals surface area (Å²) in [6.45, 7) is 3.47. The Bertz CT molecular complexity index is 1240. The van der Waals surface area contributed by atoms with Gasteiger partial charge in [-0.2, -0.15) is 5.10 Å². The molecule has 0 atom stereocenters. The van der Waals surface area contributed by atoms with Crippen LogP contribution >= 0.6 is 23.2 Å². The molecule has 0 spiro atoms. The highest BCUT2D eigenvalue weighted by Gasteiger charge is 2.13. The lowest BCUT2D eigenvalue weighted by Gasteiger charge is -2.11. The van der Waals surface area contributed by atoms with Crippen LogP contribution in [0, 0.1) is 0 Å². The average molecular weight is 513 g/mol. The number of allylic oxidation sites excluding steroid dienone is 1. The van der Waals surface area contributed by atoms with E-state index in [1.165, 1.54) is 25.5 Å². The largest absolute Gasteiger partial charge is 0.493 e. The lowest BCUT2D eigenvalue weighted by molar-refractivity contribution is -0.123. The molecule has 0 fully saturated rings. The third kappa shape index (κ3) is 7.60. The number of hydrogen-bond acceptors (Lipinski definition) is 6. The van der Waals surface area contributed by atoms with Crippen LogP contribution in [0.15, 0.2) is 78.4 Å². The summed E-state index contributed by atoms with van der Waals surface area (Å²) in [7, 11) is 1.53. The predicted molar refractivity (Wildman–Crippen MR) is 136 cm³/mol. The zero-order valence-electron chi connectivity index (χ0n) is 18.8. The van der Waals surface area contributed by atoms with Crippen molar-refractivity contribution >= 4 is 41.3 Å². The molecule has 9 heteroatoms. The number of esters is 1. The third-order valence-electron chi connectivity index (χ3n) is 4.61. The van der Waals surface area contributed by atoms with E-state index in [4.69, 9.17) is 37.4 Å². The zero-order chi connectivity index (χ0) is 25.2. The number of hydrazone groups is 1. The maximum Gasteiger partial charge on any atom is 0.345 e. The normalized spacial score (nSPS) is 10.6. The molecule has 1 amide bonds. The van der Waals surface area contributed by atoms with Gasteiger partial charge in [-0.25, -0.2) is 10.2 Å². The molecule has 0 saturated heterocycles. The summed E-state index contributed by atoms with van der Waals surface area (Å²) >= 11 is 11.9. The van der Waals surface area contributed by atoms with Crippen LogP contribution < -0.4 is 19.6 Å². The van der Waals surface area contributed by atoms with Crippen LogP contribution in [0.25, 0.3) is 0 Å². The summed E-state index contributed by atoms with van der Waals surface area (Å²) in [6.07, 6.45) is 3.94. The van der Waals surface area contributed by atoms with Crippen LogP contribution in [0.1, 0.15) is 21.5 Å². The van der Waals surface area contributed by atoms with Crippen LogP contribution in [0.5, 0.6) is 17.2 Å². The Balaban J connectivity index is 1.49.